The standard InChI is InChI=1S/C19H25N5O/c1-22-11-13-23(14-12-22)19(25)16-9-5-6-10-17-20-21-18(24(16)17)15-7-3-2-4-8-15/h2-4,7-8,16H,5-6,9-14H2,1H3. The van der Waals surface area contributed by atoms with Crippen LogP contribution in [0.4, 0.5) is 0 Å². The molecule has 6 heteroatoms. The Hall–Kier alpha value is -2.21. The summed E-state index contributed by atoms with van der Waals surface area (Å²) in [4.78, 5) is 17.6. The van der Waals surface area contributed by atoms with Crippen molar-refractivity contribution in [1.82, 2.24) is 24.6 Å². The Morgan fingerprint density at radius 3 is 2.56 bits per heavy atom. The smallest absolute Gasteiger partial charge is 0.245 e. The SMILES string of the molecule is CN1CCN(C(=O)C2CCCCc3nnc(-c4ccccc4)n32)CC1. The van der Waals surface area contributed by atoms with Gasteiger partial charge < -0.3 is 9.80 Å². The van der Waals surface area contributed by atoms with Gasteiger partial charge in [-0.25, -0.2) is 0 Å². The molecule has 0 spiro atoms. The molecule has 1 atom stereocenters. The molecule has 0 saturated carbocycles. The highest BCUT2D eigenvalue weighted by atomic mass is 16.2. The second kappa shape index (κ2) is 6.96. The molecule has 1 fully saturated rings. The molecule has 0 N–H and O–H groups in total. The molecule has 3 heterocycles. The third-order valence-corrected chi connectivity index (χ3v) is 5.34. The van der Waals surface area contributed by atoms with E-state index in [9.17, 15) is 4.79 Å². The van der Waals surface area contributed by atoms with Crippen LogP contribution in [0.15, 0.2) is 30.3 Å². The van der Waals surface area contributed by atoms with Gasteiger partial charge in [0.2, 0.25) is 5.91 Å². The van der Waals surface area contributed by atoms with Crippen LogP contribution in [0.2, 0.25) is 0 Å². The number of aromatic nitrogens is 3. The van der Waals surface area contributed by atoms with Gasteiger partial charge >= 0.3 is 0 Å². The number of likely N-dealkylation sites (N-methyl/N-ethyl adjacent to an activating group) is 1. The van der Waals surface area contributed by atoms with Crippen molar-refractivity contribution in [2.45, 2.75) is 31.7 Å². The van der Waals surface area contributed by atoms with Gasteiger partial charge in [-0.15, -0.1) is 10.2 Å². The van der Waals surface area contributed by atoms with Gasteiger partial charge in [0.15, 0.2) is 5.82 Å². The molecule has 1 amide bonds. The van der Waals surface area contributed by atoms with Gasteiger partial charge in [-0.2, -0.15) is 0 Å². The number of carbonyl (C=O) groups is 1. The largest absolute Gasteiger partial charge is 0.338 e. The summed E-state index contributed by atoms with van der Waals surface area (Å²) in [5.41, 5.74) is 1.03. The van der Waals surface area contributed by atoms with E-state index >= 15 is 0 Å². The molecule has 0 aliphatic carbocycles. The van der Waals surface area contributed by atoms with Gasteiger partial charge in [-0.3, -0.25) is 9.36 Å². The lowest BCUT2D eigenvalue weighted by Gasteiger charge is -2.35. The Morgan fingerprint density at radius 2 is 1.80 bits per heavy atom. The zero-order chi connectivity index (χ0) is 17.2. The number of benzene rings is 1. The highest BCUT2D eigenvalue weighted by Crippen LogP contribution is 2.30. The maximum atomic E-state index is 13.3. The first-order chi connectivity index (χ1) is 12.2. The fourth-order valence-corrected chi connectivity index (χ4v) is 3.83. The van der Waals surface area contributed by atoms with E-state index in [0.29, 0.717) is 0 Å². The minimum Gasteiger partial charge on any atom is -0.338 e. The van der Waals surface area contributed by atoms with E-state index in [1.54, 1.807) is 0 Å². The predicted molar refractivity (Wildman–Crippen MR) is 96.1 cm³/mol. The monoisotopic (exact) mass is 339 g/mol. The summed E-state index contributed by atoms with van der Waals surface area (Å²) in [6, 6.07) is 9.91. The number of carbonyl (C=O) groups excluding carboxylic acids is 1. The fourth-order valence-electron chi connectivity index (χ4n) is 3.83. The summed E-state index contributed by atoms with van der Waals surface area (Å²) < 4.78 is 2.11. The van der Waals surface area contributed by atoms with Crippen LogP contribution in [0.3, 0.4) is 0 Å². The normalized spacial score (nSPS) is 21.6. The summed E-state index contributed by atoms with van der Waals surface area (Å²) in [5, 5.41) is 8.85. The number of piperazine rings is 1. The summed E-state index contributed by atoms with van der Waals surface area (Å²) >= 11 is 0. The molecule has 1 saturated heterocycles. The van der Waals surface area contributed by atoms with Crippen molar-refractivity contribution in [1.29, 1.82) is 0 Å². The molecule has 2 aliphatic heterocycles. The fraction of sp³-hybridized carbons (Fsp3) is 0.526. The first-order valence-electron chi connectivity index (χ1n) is 9.20. The highest BCUT2D eigenvalue weighted by molar-refractivity contribution is 5.81. The molecule has 2 aliphatic rings. The molecular weight excluding hydrogens is 314 g/mol. The van der Waals surface area contributed by atoms with Gasteiger partial charge in [-0.05, 0) is 19.9 Å². The van der Waals surface area contributed by atoms with Crippen molar-refractivity contribution >= 4 is 5.91 Å². The molecule has 2 aromatic rings. The molecule has 1 unspecified atom stereocenters. The summed E-state index contributed by atoms with van der Waals surface area (Å²) in [5.74, 6) is 2.00. The van der Waals surface area contributed by atoms with Gasteiger partial charge in [0.25, 0.3) is 0 Å². The molecular formula is C19H25N5O. The van der Waals surface area contributed by atoms with E-state index in [0.717, 1.165) is 69.1 Å². The van der Waals surface area contributed by atoms with E-state index in [1.165, 1.54) is 0 Å². The van der Waals surface area contributed by atoms with E-state index in [-0.39, 0.29) is 11.9 Å². The van der Waals surface area contributed by atoms with Crippen molar-refractivity contribution in [3.8, 4) is 11.4 Å². The van der Waals surface area contributed by atoms with Crippen LogP contribution >= 0.6 is 0 Å². The molecule has 4 rings (SSSR count). The van der Waals surface area contributed by atoms with Crippen LogP contribution in [-0.4, -0.2) is 63.7 Å². The number of rotatable bonds is 2. The van der Waals surface area contributed by atoms with Crippen molar-refractivity contribution in [3.05, 3.63) is 36.2 Å². The van der Waals surface area contributed by atoms with Crippen molar-refractivity contribution < 1.29 is 4.79 Å². The first-order valence-corrected chi connectivity index (χ1v) is 9.20. The molecule has 132 valence electrons. The topological polar surface area (TPSA) is 54.3 Å². The average Bonchev–Trinajstić information content (AvgIpc) is 2.95. The number of hydrogen-bond donors (Lipinski definition) is 0. The van der Waals surface area contributed by atoms with Gasteiger partial charge in [-0.1, -0.05) is 36.8 Å². The molecule has 1 aromatic carbocycles. The van der Waals surface area contributed by atoms with E-state index in [4.69, 9.17) is 0 Å². The van der Waals surface area contributed by atoms with Crippen molar-refractivity contribution in [3.63, 3.8) is 0 Å². The zero-order valence-electron chi connectivity index (χ0n) is 14.8. The Morgan fingerprint density at radius 1 is 1.04 bits per heavy atom. The molecule has 0 bridgehead atoms. The first kappa shape index (κ1) is 16.3. The lowest BCUT2D eigenvalue weighted by molar-refractivity contribution is -0.136. The van der Waals surface area contributed by atoms with Crippen LogP contribution in [-0.2, 0) is 11.2 Å². The summed E-state index contributed by atoms with van der Waals surface area (Å²) in [6.45, 7) is 3.51. The van der Waals surface area contributed by atoms with Crippen LogP contribution in [0.5, 0.6) is 0 Å². The molecule has 0 radical (unpaired) electrons. The highest BCUT2D eigenvalue weighted by Gasteiger charge is 2.32. The third-order valence-electron chi connectivity index (χ3n) is 5.34. The van der Waals surface area contributed by atoms with Gasteiger partial charge in [0, 0.05) is 38.2 Å². The van der Waals surface area contributed by atoms with E-state index in [1.807, 2.05) is 35.2 Å². The summed E-state index contributed by atoms with van der Waals surface area (Å²) in [7, 11) is 2.11. The lowest BCUT2D eigenvalue weighted by atomic mass is 10.1. The lowest BCUT2D eigenvalue weighted by Crippen LogP contribution is -2.49. The Bertz CT molecular complexity index is 734. The average molecular weight is 339 g/mol. The molecule has 1 aromatic heterocycles. The Balaban J connectivity index is 1.68. The number of amides is 1. The van der Waals surface area contributed by atoms with Crippen LogP contribution in [0.25, 0.3) is 11.4 Å². The van der Waals surface area contributed by atoms with E-state index < -0.39 is 0 Å². The van der Waals surface area contributed by atoms with Crippen LogP contribution in [0.1, 0.15) is 31.1 Å². The van der Waals surface area contributed by atoms with E-state index in [2.05, 4.69) is 26.7 Å². The predicted octanol–water partition coefficient (Wildman–Crippen LogP) is 1.99. The van der Waals surface area contributed by atoms with Crippen molar-refractivity contribution in [2.24, 2.45) is 0 Å². The minimum absolute atomic E-state index is 0.175. The zero-order valence-corrected chi connectivity index (χ0v) is 14.8. The van der Waals surface area contributed by atoms with Crippen LogP contribution in [0, 0.1) is 0 Å². The second-order valence-electron chi connectivity index (χ2n) is 7.07. The van der Waals surface area contributed by atoms with Gasteiger partial charge in [0.05, 0.1) is 0 Å². The maximum absolute atomic E-state index is 13.3. The molecule has 25 heavy (non-hydrogen) atoms. The maximum Gasteiger partial charge on any atom is 0.245 e. The summed E-state index contributed by atoms with van der Waals surface area (Å²) in [6.07, 6.45) is 3.89. The third kappa shape index (κ3) is 3.18. The minimum atomic E-state index is -0.175. The number of hydrogen-bond acceptors (Lipinski definition) is 4. The Kier molecular flexibility index (Phi) is 4.53. The van der Waals surface area contributed by atoms with Crippen molar-refractivity contribution in [2.75, 3.05) is 33.2 Å². The number of fused-ring (bicyclic) bond motifs is 1. The number of nitrogens with zero attached hydrogens (tertiary/aromatic N) is 5. The number of aryl methyl sites for hydroxylation is 1. The van der Waals surface area contributed by atoms with Crippen LogP contribution < -0.4 is 0 Å². The second-order valence-corrected chi connectivity index (χ2v) is 7.07. The molecule has 6 nitrogen and oxygen atoms in total. The Labute approximate surface area is 148 Å². The van der Waals surface area contributed by atoms with Gasteiger partial charge in [0.1, 0.15) is 11.9 Å². The quantitative estimate of drug-likeness (QED) is 0.840.